The van der Waals surface area contributed by atoms with Crippen molar-refractivity contribution in [1.29, 1.82) is 0 Å². The number of aromatic nitrogens is 1. The number of benzene rings is 2. The first kappa shape index (κ1) is 38.3. The molecule has 5 aliphatic rings. The van der Waals surface area contributed by atoms with Crippen molar-refractivity contribution in [3.8, 4) is 17.2 Å². The maximum atomic E-state index is 13.1. The Morgan fingerprint density at radius 1 is 1.07 bits per heavy atom. The Morgan fingerprint density at radius 3 is 2.62 bits per heavy atom. The molecule has 1 spiro atoms. The highest BCUT2D eigenvalue weighted by Crippen LogP contribution is 2.58. The monoisotopic (exact) mass is 771 g/mol. The second-order valence-electron chi connectivity index (χ2n) is 17.4. The molecule has 10 heteroatoms. The summed E-state index contributed by atoms with van der Waals surface area (Å²) in [6.07, 6.45) is 11.9. The van der Waals surface area contributed by atoms with Crippen molar-refractivity contribution in [3.05, 3.63) is 76.1 Å². The maximum absolute atomic E-state index is 13.1. The van der Waals surface area contributed by atoms with E-state index in [1.165, 1.54) is 35.2 Å². The van der Waals surface area contributed by atoms with Gasteiger partial charge in [0, 0.05) is 53.3 Å². The molecule has 3 aromatic rings. The van der Waals surface area contributed by atoms with Crippen molar-refractivity contribution < 1.29 is 28.8 Å². The molecule has 1 saturated carbocycles. The standard InChI is InChI=1S/C45H58ClN3O6/c1-29(25-53-39-12-17-47-38-11-4-7-30(2)42(38)39)19-33-20-32-21-40-41(55-27-31(26-54-40)24-49(3)36-10-6-18-52-28-36)23-37(32)44(33)13-15-45(16-14-44,43(50)51)48-35-9-5-8-34(46)22-35/h5,8-9,12,17,21-23,29-31,33,36,48H,4,6-7,10-11,13-16,18-20,24-28H2,1-3H3,(H,50,51)/t29-,30-,31?,33+,36?,44?,45?/m1/s1. The van der Waals surface area contributed by atoms with E-state index in [1.807, 2.05) is 36.5 Å². The molecule has 2 aliphatic heterocycles. The quantitative estimate of drug-likeness (QED) is 0.198. The van der Waals surface area contributed by atoms with Gasteiger partial charge in [0.25, 0.3) is 0 Å². The lowest BCUT2D eigenvalue weighted by atomic mass is 9.59. The molecular formula is C45H58ClN3O6. The molecule has 1 aromatic heterocycles. The van der Waals surface area contributed by atoms with E-state index in [9.17, 15) is 9.90 Å². The number of carboxylic acids is 1. The van der Waals surface area contributed by atoms with Crippen molar-refractivity contribution >= 4 is 23.3 Å². The number of anilines is 1. The number of aryl methyl sites for hydroxylation is 1. The van der Waals surface area contributed by atoms with Crippen LogP contribution in [0, 0.1) is 17.8 Å². The molecule has 0 bridgehead atoms. The lowest BCUT2D eigenvalue weighted by molar-refractivity contribution is -0.144. The average Bonchev–Trinajstić information content (AvgIpc) is 3.31. The highest BCUT2D eigenvalue weighted by Gasteiger charge is 2.54. The minimum absolute atomic E-state index is 0.186. The number of halogens is 1. The van der Waals surface area contributed by atoms with Gasteiger partial charge in [-0.15, -0.1) is 0 Å². The Balaban J connectivity index is 1.03. The SMILES string of the molecule is C[C@@H](COc1ccnc2c1[C@H](C)CCC2)C[C@H]1Cc2cc3c(cc2C12CCC(Nc1cccc(Cl)c1)(C(=O)O)CC2)OCC(CN(C)C1CCCOC1)CO3. The van der Waals surface area contributed by atoms with E-state index in [1.54, 1.807) is 0 Å². The molecule has 3 aliphatic carbocycles. The Bertz CT molecular complexity index is 1840. The topological polar surface area (TPSA) is 102 Å². The van der Waals surface area contributed by atoms with E-state index in [2.05, 4.69) is 48.2 Å². The van der Waals surface area contributed by atoms with Gasteiger partial charge in [-0.2, -0.15) is 0 Å². The molecule has 8 rings (SSSR count). The first-order valence-corrected chi connectivity index (χ1v) is 21.1. The van der Waals surface area contributed by atoms with Gasteiger partial charge in [-0.05, 0) is 148 Å². The third-order valence-corrected chi connectivity index (χ3v) is 13.8. The first-order valence-electron chi connectivity index (χ1n) is 20.7. The second-order valence-corrected chi connectivity index (χ2v) is 17.9. The van der Waals surface area contributed by atoms with E-state index in [0.717, 1.165) is 87.6 Å². The number of nitrogens with zero attached hydrogens (tertiary/aromatic N) is 2. The number of hydrogen-bond acceptors (Lipinski definition) is 8. The number of carbonyl (C=O) groups is 1. The molecule has 2 unspecified atom stereocenters. The van der Waals surface area contributed by atoms with Gasteiger partial charge >= 0.3 is 5.97 Å². The lowest BCUT2D eigenvalue weighted by Gasteiger charge is -2.47. The van der Waals surface area contributed by atoms with Crippen LogP contribution in [0.1, 0.15) is 99.9 Å². The minimum atomic E-state index is -1.08. The van der Waals surface area contributed by atoms with Gasteiger partial charge in [0.1, 0.15) is 11.3 Å². The van der Waals surface area contributed by atoms with Crippen molar-refractivity contribution in [2.75, 3.05) is 51.9 Å². The fourth-order valence-electron chi connectivity index (χ4n) is 10.5. The van der Waals surface area contributed by atoms with Gasteiger partial charge in [0.15, 0.2) is 11.5 Å². The molecule has 5 atom stereocenters. The molecule has 0 radical (unpaired) electrons. The van der Waals surface area contributed by atoms with Gasteiger partial charge in [-0.3, -0.25) is 4.98 Å². The molecule has 3 heterocycles. The summed E-state index contributed by atoms with van der Waals surface area (Å²) in [7, 11) is 2.19. The molecular weight excluding hydrogens is 714 g/mol. The zero-order valence-electron chi connectivity index (χ0n) is 32.8. The highest BCUT2D eigenvalue weighted by atomic mass is 35.5. The van der Waals surface area contributed by atoms with E-state index in [-0.39, 0.29) is 11.3 Å². The van der Waals surface area contributed by atoms with E-state index >= 15 is 0 Å². The van der Waals surface area contributed by atoms with Crippen LogP contribution in [0.5, 0.6) is 17.2 Å². The zero-order chi connectivity index (χ0) is 38.2. The average molecular weight is 772 g/mol. The molecule has 1 saturated heterocycles. The fourth-order valence-corrected chi connectivity index (χ4v) is 10.7. The van der Waals surface area contributed by atoms with Gasteiger partial charge in [0.2, 0.25) is 0 Å². The molecule has 0 amide bonds. The summed E-state index contributed by atoms with van der Waals surface area (Å²) in [6.45, 7) is 8.97. The number of rotatable bonds is 11. The summed E-state index contributed by atoms with van der Waals surface area (Å²) in [4.78, 5) is 20.2. The number of hydrogen-bond donors (Lipinski definition) is 2. The fraction of sp³-hybridized carbons (Fsp3) is 0.600. The summed E-state index contributed by atoms with van der Waals surface area (Å²) in [6, 6.07) is 14.4. The normalized spacial score (nSPS) is 29.3. The number of aliphatic carboxylic acids is 1. The van der Waals surface area contributed by atoms with Crippen molar-refractivity contribution in [2.45, 2.75) is 107 Å². The Hall–Kier alpha value is -3.53. The summed E-state index contributed by atoms with van der Waals surface area (Å²) >= 11 is 6.33. The number of ether oxygens (including phenoxy) is 4. The van der Waals surface area contributed by atoms with Crippen molar-refractivity contribution in [3.63, 3.8) is 0 Å². The Labute approximate surface area is 331 Å². The second kappa shape index (κ2) is 16.1. The van der Waals surface area contributed by atoms with E-state index in [4.69, 9.17) is 30.5 Å². The Kier molecular flexibility index (Phi) is 11.3. The molecule has 9 nitrogen and oxygen atoms in total. The predicted octanol–water partition coefficient (Wildman–Crippen LogP) is 8.70. The minimum Gasteiger partial charge on any atom is -0.493 e. The highest BCUT2D eigenvalue weighted by molar-refractivity contribution is 6.30. The summed E-state index contributed by atoms with van der Waals surface area (Å²) in [5.74, 6) is 3.13. The van der Waals surface area contributed by atoms with E-state index in [0.29, 0.717) is 61.5 Å². The van der Waals surface area contributed by atoms with Crippen LogP contribution in [-0.2, 0) is 27.8 Å². The number of likely N-dealkylation sites (N-methyl/N-ethyl adjacent to an activating group) is 1. The maximum Gasteiger partial charge on any atom is 0.329 e. The molecule has 55 heavy (non-hydrogen) atoms. The molecule has 2 fully saturated rings. The van der Waals surface area contributed by atoms with Crippen LogP contribution in [-0.4, -0.2) is 79.2 Å². The summed E-state index contributed by atoms with van der Waals surface area (Å²) < 4.78 is 25.5. The lowest BCUT2D eigenvalue weighted by Crippen LogP contribution is -2.53. The van der Waals surface area contributed by atoms with Crippen LogP contribution in [0.2, 0.25) is 5.02 Å². The largest absolute Gasteiger partial charge is 0.493 e. The van der Waals surface area contributed by atoms with Gasteiger partial charge in [-0.25, -0.2) is 4.79 Å². The van der Waals surface area contributed by atoms with Crippen LogP contribution in [0.4, 0.5) is 5.69 Å². The molecule has 2 aromatic carbocycles. The predicted molar refractivity (Wildman–Crippen MR) is 215 cm³/mol. The summed E-state index contributed by atoms with van der Waals surface area (Å²) in [5, 5.41) is 14.7. The van der Waals surface area contributed by atoms with Gasteiger partial charge in [-0.1, -0.05) is 31.5 Å². The van der Waals surface area contributed by atoms with Gasteiger partial charge in [0.05, 0.1) is 26.4 Å². The first-order chi connectivity index (χ1) is 26.6. The number of nitrogens with one attached hydrogen (secondary N) is 1. The van der Waals surface area contributed by atoms with Crippen LogP contribution in [0.25, 0.3) is 0 Å². The smallest absolute Gasteiger partial charge is 0.329 e. The van der Waals surface area contributed by atoms with Crippen LogP contribution < -0.4 is 19.5 Å². The Morgan fingerprint density at radius 2 is 1.87 bits per heavy atom. The van der Waals surface area contributed by atoms with Crippen LogP contribution in [0.15, 0.2) is 48.7 Å². The molecule has 2 N–H and O–H groups in total. The molecule has 296 valence electrons. The van der Waals surface area contributed by atoms with Crippen LogP contribution >= 0.6 is 11.6 Å². The number of pyridine rings is 1. The van der Waals surface area contributed by atoms with Crippen molar-refractivity contribution in [2.24, 2.45) is 17.8 Å². The van der Waals surface area contributed by atoms with Gasteiger partial charge < -0.3 is 34.3 Å². The third kappa shape index (κ3) is 7.91. The number of fused-ring (bicyclic) bond motifs is 4. The summed E-state index contributed by atoms with van der Waals surface area (Å²) in [5.41, 5.74) is 4.55. The van der Waals surface area contributed by atoms with E-state index < -0.39 is 11.5 Å². The third-order valence-electron chi connectivity index (χ3n) is 13.6. The van der Waals surface area contributed by atoms with Crippen LogP contribution in [0.3, 0.4) is 0 Å². The number of carboxylic acid groups (broad SMARTS) is 1. The van der Waals surface area contributed by atoms with Crippen molar-refractivity contribution in [1.82, 2.24) is 9.88 Å². The zero-order valence-corrected chi connectivity index (χ0v) is 33.5.